The van der Waals surface area contributed by atoms with Crippen molar-refractivity contribution >= 4 is 10.8 Å². The Labute approximate surface area is 90.0 Å². The summed E-state index contributed by atoms with van der Waals surface area (Å²) in [7, 11) is -1.30. The van der Waals surface area contributed by atoms with Crippen molar-refractivity contribution in [2.75, 3.05) is 0 Å². The topological polar surface area (TPSA) is 17.1 Å². The molecule has 2 aromatic rings. The molecule has 1 unspecified atom stereocenters. The SMILES string of the molecule is O=S(c1ccccc1)c1cccc(F)c1. The Morgan fingerprint density at radius 1 is 0.867 bits per heavy atom. The maximum absolute atomic E-state index is 12.9. The minimum atomic E-state index is -1.30. The normalized spacial score (nSPS) is 12.3. The monoisotopic (exact) mass is 220 g/mol. The van der Waals surface area contributed by atoms with E-state index in [4.69, 9.17) is 0 Å². The summed E-state index contributed by atoms with van der Waals surface area (Å²) < 4.78 is 24.9. The first-order valence-corrected chi connectivity index (χ1v) is 5.65. The summed E-state index contributed by atoms with van der Waals surface area (Å²) in [5.74, 6) is -0.364. The van der Waals surface area contributed by atoms with Crippen molar-refractivity contribution in [3.8, 4) is 0 Å². The van der Waals surface area contributed by atoms with Gasteiger partial charge in [-0.3, -0.25) is 0 Å². The predicted octanol–water partition coefficient (Wildman–Crippen LogP) is 2.99. The number of benzene rings is 2. The highest BCUT2D eigenvalue weighted by molar-refractivity contribution is 7.85. The van der Waals surface area contributed by atoms with E-state index in [0.717, 1.165) is 0 Å². The molecule has 0 saturated heterocycles. The zero-order chi connectivity index (χ0) is 10.7. The van der Waals surface area contributed by atoms with Crippen LogP contribution >= 0.6 is 0 Å². The Morgan fingerprint density at radius 2 is 1.53 bits per heavy atom. The van der Waals surface area contributed by atoms with Crippen molar-refractivity contribution in [2.24, 2.45) is 0 Å². The summed E-state index contributed by atoms with van der Waals surface area (Å²) in [5.41, 5.74) is 0. The first-order chi connectivity index (χ1) is 7.27. The van der Waals surface area contributed by atoms with Gasteiger partial charge in [0.05, 0.1) is 10.8 Å². The second-order valence-corrected chi connectivity index (χ2v) is 4.52. The van der Waals surface area contributed by atoms with E-state index in [1.54, 1.807) is 24.3 Å². The van der Waals surface area contributed by atoms with Gasteiger partial charge in [-0.15, -0.1) is 0 Å². The molecule has 0 fully saturated rings. The quantitative estimate of drug-likeness (QED) is 0.760. The fraction of sp³-hybridized carbons (Fsp3) is 0. The molecular formula is C12H9FOS. The lowest BCUT2D eigenvalue weighted by Gasteiger charge is -2.01. The third kappa shape index (κ3) is 2.30. The lowest BCUT2D eigenvalue weighted by atomic mass is 10.3. The molecule has 0 bridgehead atoms. The van der Waals surface area contributed by atoms with Crippen LogP contribution in [0.3, 0.4) is 0 Å². The third-order valence-corrected chi connectivity index (χ3v) is 3.35. The lowest BCUT2D eigenvalue weighted by molar-refractivity contribution is 0.622. The standard InChI is InChI=1S/C12H9FOS/c13-10-5-4-8-12(9-10)15(14)11-6-2-1-3-7-11/h1-9H. The minimum absolute atomic E-state index is 0.364. The van der Waals surface area contributed by atoms with E-state index >= 15 is 0 Å². The highest BCUT2D eigenvalue weighted by atomic mass is 32.2. The highest BCUT2D eigenvalue weighted by Crippen LogP contribution is 2.16. The first-order valence-electron chi connectivity index (χ1n) is 4.50. The largest absolute Gasteiger partial charge is 0.249 e. The Bertz CT molecular complexity index is 482. The molecule has 2 aromatic carbocycles. The van der Waals surface area contributed by atoms with Crippen LogP contribution in [0.25, 0.3) is 0 Å². The molecule has 0 radical (unpaired) electrons. The van der Waals surface area contributed by atoms with Gasteiger partial charge in [0.15, 0.2) is 0 Å². The van der Waals surface area contributed by atoms with Crippen molar-refractivity contribution in [3.63, 3.8) is 0 Å². The van der Waals surface area contributed by atoms with E-state index < -0.39 is 10.8 Å². The molecular weight excluding hydrogens is 211 g/mol. The molecule has 0 amide bonds. The van der Waals surface area contributed by atoms with Crippen LogP contribution in [0.1, 0.15) is 0 Å². The van der Waals surface area contributed by atoms with Crippen LogP contribution in [0.15, 0.2) is 64.4 Å². The molecule has 0 N–H and O–H groups in total. The number of halogens is 1. The van der Waals surface area contributed by atoms with Crippen molar-refractivity contribution < 1.29 is 8.60 Å². The lowest BCUT2D eigenvalue weighted by Crippen LogP contribution is -1.92. The second-order valence-electron chi connectivity index (χ2n) is 3.04. The van der Waals surface area contributed by atoms with E-state index in [1.807, 2.05) is 18.2 Å². The zero-order valence-corrected chi connectivity index (χ0v) is 8.71. The predicted molar refractivity (Wildman–Crippen MR) is 57.5 cm³/mol. The van der Waals surface area contributed by atoms with Crippen LogP contribution in [0.4, 0.5) is 4.39 Å². The summed E-state index contributed by atoms with van der Waals surface area (Å²) in [6.45, 7) is 0. The summed E-state index contributed by atoms with van der Waals surface area (Å²) in [4.78, 5) is 1.17. The Kier molecular flexibility index (Phi) is 2.92. The van der Waals surface area contributed by atoms with Gasteiger partial charge in [-0.25, -0.2) is 8.60 Å². The van der Waals surface area contributed by atoms with Crippen molar-refractivity contribution in [1.29, 1.82) is 0 Å². The summed E-state index contributed by atoms with van der Waals surface area (Å²) in [6.07, 6.45) is 0. The molecule has 0 aliphatic carbocycles. The molecule has 1 nitrogen and oxygen atoms in total. The molecule has 2 rings (SSSR count). The van der Waals surface area contributed by atoms with Gasteiger partial charge >= 0.3 is 0 Å². The summed E-state index contributed by atoms with van der Waals surface area (Å²) in [5, 5.41) is 0. The molecule has 0 spiro atoms. The van der Waals surface area contributed by atoms with Crippen LogP contribution in [0.2, 0.25) is 0 Å². The van der Waals surface area contributed by atoms with Crippen molar-refractivity contribution in [1.82, 2.24) is 0 Å². The van der Waals surface area contributed by atoms with E-state index in [0.29, 0.717) is 9.79 Å². The number of rotatable bonds is 2. The van der Waals surface area contributed by atoms with Gasteiger partial charge in [-0.1, -0.05) is 24.3 Å². The van der Waals surface area contributed by atoms with Gasteiger partial charge in [-0.05, 0) is 30.3 Å². The second kappa shape index (κ2) is 4.36. The molecule has 3 heteroatoms. The van der Waals surface area contributed by atoms with E-state index in [2.05, 4.69) is 0 Å². The molecule has 15 heavy (non-hydrogen) atoms. The van der Waals surface area contributed by atoms with E-state index in [1.165, 1.54) is 12.1 Å². The van der Waals surface area contributed by atoms with Crippen LogP contribution in [0.5, 0.6) is 0 Å². The van der Waals surface area contributed by atoms with Crippen LogP contribution in [-0.2, 0) is 10.8 Å². The summed E-state index contributed by atoms with van der Waals surface area (Å²) in [6, 6.07) is 14.9. The van der Waals surface area contributed by atoms with Gasteiger partial charge in [-0.2, -0.15) is 0 Å². The molecule has 0 aliphatic heterocycles. The van der Waals surface area contributed by atoms with E-state index in [9.17, 15) is 8.60 Å². The molecule has 0 aromatic heterocycles. The maximum Gasteiger partial charge on any atom is 0.124 e. The van der Waals surface area contributed by atoms with Crippen LogP contribution in [0, 0.1) is 5.82 Å². The van der Waals surface area contributed by atoms with Crippen molar-refractivity contribution in [3.05, 3.63) is 60.4 Å². The van der Waals surface area contributed by atoms with Gasteiger partial charge in [0, 0.05) is 9.79 Å². The minimum Gasteiger partial charge on any atom is -0.249 e. The van der Waals surface area contributed by atoms with Gasteiger partial charge in [0.2, 0.25) is 0 Å². The van der Waals surface area contributed by atoms with E-state index in [-0.39, 0.29) is 5.82 Å². The molecule has 0 heterocycles. The van der Waals surface area contributed by atoms with Gasteiger partial charge in [0.1, 0.15) is 5.82 Å². The first kappa shape index (κ1) is 10.1. The molecule has 0 saturated carbocycles. The molecule has 1 atom stereocenters. The number of hydrogen-bond donors (Lipinski definition) is 0. The van der Waals surface area contributed by atoms with Crippen LogP contribution < -0.4 is 0 Å². The highest BCUT2D eigenvalue weighted by Gasteiger charge is 2.06. The van der Waals surface area contributed by atoms with Gasteiger partial charge < -0.3 is 0 Å². The van der Waals surface area contributed by atoms with Crippen LogP contribution in [-0.4, -0.2) is 4.21 Å². The van der Waals surface area contributed by atoms with Crippen molar-refractivity contribution in [2.45, 2.75) is 9.79 Å². The third-order valence-electron chi connectivity index (χ3n) is 1.97. The molecule has 0 aliphatic rings. The Balaban J connectivity index is 2.37. The summed E-state index contributed by atoms with van der Waals surface area (Å²) >= 11 is 0. The molecule has 76 valence electrons. The average molecular weight is 220 g/mol. The fourth-order valence-electron chi connectivity index (χ4n) is 1.26. The smallest absolute Gasteiger partial charge is 0.124 e. The average Bonchev–Trinajstić information content (AvgIpc) is 2.29. The number of hydrogen-bond acceptors (Lipinski definition) is 1. The fourth-order valence-corrected chi connectivity index (χ4v) is 2.36. The Hall–Kier alpha value is -1.48. The Morgan fingerprint density at radius 3 is 2.20 bits per heavy atom. The van der Waals surface area contributed by atoms with Gasteiger partial charge in [0.25, 0.3) is 0 Å². The maximum atomic E-state index is 12.9. The zero-order valence-electron chi connectivity index (χ0n) is 7.89.